The highest BCUT2D eigenvalue weighted by Gasteiger charge is 2.20. The van der Waals surface area contributed by atoms with Crippen LogP contribution in [0.15, 0.2) is 65.8 Å². The summed E-state index contributed by atoms with van der Waals surface area (Å²) in [6.07, 6.45) is 0. The number of aromatic nitrogens is 3. The van der Waals surface area contributed by atoms with E-state index in [9.17, 15) is 4.79 Å². The SMILES string of the molecule is Cc1cccc(-n2c(SCC(=O)Nc3c(C)cccc3C)nnc2-c2ccc(Cl)cc2Cl)c1. The Bertz CT molecular complexity index is 1320. The largest absolute Gasteiger partial charge is 0.325 e. The van der Waals surface area contributed by atoms with Crippen molar-refractivity contribution < 1.29 is 4.79 Å². The standard InChI is InChI=1S/C25H22Cl2N4OS/c1-15-6-4-9-19(12-15)31-24(20-11-10-18(26)13-21(20)27)29-30-25(31)33-14-22(32)28-23-16(2)7-5-8-17(23)3/h4-13H,14H2,1-3H3,(H,28,32). The maximum atomic E-state index is 12.7. The molecule has 1 heterocycles. The molecule has 4 rings (SSSR count). The van der Waals surface area contributed by atoms with Gasteiger partial charge in [-0.25, -0.2) is 0 Å². The van der Waals surface area contributed by atoms with E-state index < -0.39 is 0 Å². The van der Waals surface area contributed by atoms with Crippen molar-refractivity contribution in [3.05, 3.63) is 87.4 Å². The lowest BCUT2D eigenvalue weighted by Gasteiger charge is -2.13. The van der Waals surface area contributed by atoms with E-state index in [1.54, 1.807) is 12.1 Å². The van der Waals surface area contributed by atoms with Gasteiger partial charge in [0.25, 0.3) is 0 Å². The minimum absolute atomic E-state index is 0.109. The fourth-order valence-electron chi connectivity index (χ4n) is 3.53. The first-order valence-corrected chi connectivity index (χ1v) is 12.0. The van der Waals surface area contributed by atoms with Crippen LogP contribution in [0.1, 0.15) is 16.7 Å². The van der Waals surface area contributed by atoms with E-state index in [-0.39, 0.29) is 11.7 Å². The summed E-state index contributed by atoms with van der Waals surface area (Å²) in [5.74, 6) is 0.661. The molecule has 0 saturated heterocycles. The number of anilines is 1. The number of hydrogen-bond acceptors (Lipinski definition) is 4. The second-order valence-corrected chi connectivity index (χ2v) is 9.49. The van der Waals surface area contributed by atoms with Gasteiger partial charge in [0.05, 0.1) is 10.8 Å². The minimum Gasteiger partial charge on any atom is -0.325 e. The number of benzene rings is 3. The Morgan fingerprint density at radius 3 is 2.39 bits per heavy atom. The molecule has 0 fully saturated rings. The summed E-state index contributed by atoms with van der Waals surface area (Å²) < 4.78 is 1.92. The predicted molar refractivity (Wildman–Crippen MR) is 137 cm³/mol. The van der Waals surface area contributed by atoms with Crippen LogP contribution in [0, 0.1) is 20.8 Å². The first-order chi connectivity index (χ1) is 15.8. The van der Waals surface area contributed by atoms with E-state index in [2.05, 4.69) is 15.5 Å². The Morgan fingerprint density at radius 2 is 1.70 bits per heavy atom. The van der Waals surface area contributed by atoms with Gasteiger partial charge in [-0.3, -0.25) is 9.36 Å². The molecule has 1 N–H and O–H groups in total. The van der Waals surface area contributed by atoms with Gasteiger partial charge >= 0.3 is 0 Å². The van der Waals surface area contributed by atoms with Crippen LogP contribution in [0.4, 0.5) is 5.69 Å². The Labute approximate surface area is 207 Å². The first-order valence-electron chi connectivity index (χ1n) is 10.3. The molecular formula is C25H22Cl2N4OS. The predicted octanol–water partition coefficient (Wildman–Crippen LogP) is 6.90. The third-order valence-electron chi connectivity index (χ3n) is 5.14. The number of carbonyl (C=O) groups excluding carboxylic acids is 1. The van der Waals surface area contributed by atoms with Crippen molar-refractivity contribution in [3.8, 4) is 17.1 Å². The van der Waals surface area contributed by atoms with Crippen LogP contribution >= 0.6 is 35.0 Å². The molecule has 3 aromatic carbocycles. The lowest BCUT2D eigenvalue weighted by atomic mass is 10.1. The van der Waals surface area contributed by atoms with Crippen LogP contribution in [-0.2, 0) is 4.79 Å². The number of nitrogens with zero attached hydrogens (tertiary/aromatic N) is 3. The van der Waals surface area contributed by atoms with Crippen molar-refractivity contribution in [2.24, 2.45) is 0 Å². The van der Waals surface area contributed by atoms with Gasteiger partial charge in [0.1, 0.15) is 0 Å². The van der Waals surface area contributed by atoms with Gasteiger partial charge in [0.2, 0.25) is 5.91 Å². The van der Waals surface area contributed by atoms with Gasteiger partial charge in [-0.1, -0.05) is 65.3 Å². The molecule has 0 aliphatic rings. The molecule has 0 aliphatic carbocycles. The number of amides is 1. The summed E-state index contributed by atoms with van der Waals surface area (Å²) in [5.41, 5.74) is 5.59. The maximum absolute atomic E-state index is 12.7. The van der Waals surface area contributed by atoms with Gasteiger partial charge in [0, 0.05) is 22.0 Å². The highest BCUT2D eigenvalue weighted by Crippen LogP contribution is 2.33. The smallest absolute Gasteiger partial charge is 0.234 e. The first kappa shape index (κ1) is 23.4. The topological polar surface area (TPSA) is 59.8 Å². The average molecular weight is 497 g/mol. The summed E-state index contributed by atoms with van der Waals surface area (Å²) in [5, 5.41) is 13.4. The van der Waals surface area contributed by atoms with E-state index in [4.69, 9.17) is 23.2 Å². The zero-order valence-electron chi connectivity index (χ0n) is 18.4. The number of hydrogen-bond donors (Lipinski definition) is 1. The highest BCUT2D eigenvalue weighted by molar-refractivity contribution is 7.99. The normalized spacial score (nSPS) is 10.9. The van der Waals surface area contributed by atoms with Gasteiger partial charge in [-0.2, -0.15) is 0 Å². The number of halogens is 2. The van der Waals surface area contributed by atoms with Crippen molar-refractivity contribution in [3.63, 3.8) is 0 Å². The zero-order chi connectivity index (χ0) is 23.5. The monoisotopic (exact) mass is 496 g/mol. The second-order valence-electron chi connectivity index (χ2n) is 7.71. The van der Waals surface area contributed by atoms with E-state index in [1.807, 2.05) is 73.9 Å². The van der Waals surface area contributed by atoms with Crippen LogP contribution in [-0.4, -0.2) is 26.4 Å². The van der Waals surface area contributed by atoms with E-state index >= 15 is 0 Å². The lowest BCUT2D eigenvalue weighted by Crippen LogP contribution is -2.16. The third kappa shape index (κ3) is 5.24. The summed E-state index contributed by atoms with van der Waals surface area (Å²) >= 11 is 13.9. The van der Waals surface area contributed by atoms with Crippen molar-refractivity contribution in [1.29, 1.82) is 0 Å². The molecule has 1 amide bonds. The molecular weight excluding hydrogens is 475 g/mol. The Balaban J connectivity index is 1.66. The Morgan fingerprint density at radius 1 is 0.970 bits per heavy atom. The highest BCUT2D eigenvalue weighted by atomic mass is 35.5. The number of para-hydroxylation sites is 1. The summed E-state index contributed by atoms with van der Waals surface area (Å²) in [6.45, 7) is 5.98. The average Bonchev–Trinajstić information content (AvgIpc) is 3.18. The molecule has 0 bridgehead atoms. The molecule has 0 spiro atoms. The second kappa shape index (κ2) is 10.00. The van der Waals surface area contributed by atoms with E-state index in [0.29, 0.717) is 26.6 Å². The third-order valence-corrected chi connectivity index (χ3v) is 6.62. The molecule has 5 nitrogen and oxygen atoms in total. The molecule has 1 aromatic heterocycles. The van der Waals surface area contributed by atoms with Gasteiger partial charge < -0.3 is 5.32 Å². The van der Waals surface area contributed by atoms with Crippen LogP contribution < -0.4 is 5.32 Å². The minimum atomic E-state index is -0.109. The number of aryl methyl sites for hydroxylation is 3. The van der Waals surface area contributed by atoms with Crippen molar-refractivity contribution in [2.45, 2.75) is 25.9 Å². The molecule has 0 saturated carbocycles. The molecule has 0 atom stereocenters. The summed E-state index contributed by atoms with van der Waals surface area (Å²) in [7, 11) is 0. The van der Waals surface area contributed by atoms with E-state index in [1.165, 1.54) is 11.8 Å². The van der Waals surface area contributed by atoms with Crippen LogP contribution in [0.3, 0.4) is 0 Å². The van der Waals surface area contributed by atoms with Crippen LogP contribution in [0.2, 0.25) is 10.0 Å². The summed E-state index contributed by atoms with van der Waals surface area (Å²) in [4.78, 5) is 12.7. The maximum Gasteiger partial charge on any atom is 0.234 e. The van der Waals surface area contributed by atoms with Crippen LogP contribution in [0.25, 0.3) is 17.1 Å². The van der Waals surface area contributed by atoms with E-state index in [0.717, 1.165) is 28.1 Å². The fraction of sp³-hybridized carbons (Fsp3) is 0.160. The fourth-order valence-corrected chi connectivity index (χ4v) is 4.77. The molecule has 8 heteroatoms. The number of carbonyl (C=O) groups is 1. The number of thioether (sulfide) groups is 1. The molecule has 33 heavy (non-hydrogen) atoms. The summed E-state index contributed by atoms with van der Waals surface area (Å²) in [6, 6.07) is 19.2. The van der Waals surface area contributed by atoms with Crippen molar-refractivity contribution in [2.75, 3.05) is 11.1 Å². The van der Waals surface area contributed by atoms with Crippen molar-refractivity contribution >= 4 is 46.6 Å². The lowest BCUT2D eigenvalue weighted by molar-refractivity contribution is -0.113. The molecule has 0 aliphatic heterocycles. The quantitative estimate of drug-likeness (QED) is 0.295. The molecule has 4 aromatic rings. The van der Waals surface area contributed by atoms with Gasteiger partial charge in [-0.05, 0) is 67.8 Å². The Hall–Kier alpha value is -2.80. The molecule has 168 valence electrons. The number of nitrogens with one attached hydrogen (secondary N) is 1. The van der Waals surface area contributed by atoms with Gasteiger partial charge in [0.15, 0.2) is 11.0 Å². The van der Waals surface area contributed by atoms with Gasteiger partial charge in [-0.15, -0.1) is 10.2 Å². The number of rotatable bonds is 6. The molecule has 0 unspecified atom stereocenters. The molecule has 0 radical (unpaired) electrons. The van der Waals surface area contributed by atoms with Crippen molar-refractivity contribution in [1.82, 2.24) is 14.8 Å². The van der Waals surface area contributed by atoms with Crippen LogP contribution in [0.5, 0.6) is 0 Å². The Kier molecular flexibility index (Phi) is 7.08. The zero-order valence-corrected chi connectivity index (χ0v) is 20.7.